The third-order valence-corrected chi connectivity index (χ3v) is 4.71. The lowest BCUT2D eigenvalue weighted by Gasteiger charge is -2.14. The Bertz CT molecular complexity index is 305. The Morgan fingerprint density at radius 3 is 1.85 bits per heavy atom. The first-order valence-corrected chi connectivity index (χ1v) is 10.2. The van der Waals surface area contributed by atoms with E-state index in [0.29, 0.717) is 6.42 Å². The van der Waals surface area contributed by atoms with Crippen molar-refractivity contribution in [3.63, 3.8) is 0 Å². The van der Waals surface area contributed by atoms with Crippen LogP contribution in [0, 0.1) is 0 Å². The van der Waals surface area contributed by atoms with E-state index in [1.807, 2.05) is 0 Å². The molecule has 0 aliphatic rings. The Labute approximate surface area is 125 Å². The predicted molar refractivity (Wildman–Crippen MR) is 87.3 cm³/mol. The Balaban J connectivity index is 3.42. The summed E-state index contributed by atoms with van der Waals surface area (Å²) in [4.78, 5) is 0. The minimum atomic E-state index is -2.88. The van der Waals surface area contributed by atoms with Crippen molar-refractivity contribution in [2.24, 2.45) is 5.84 Å². The summed E-state index contributed by atoms with van der Waals surface area (Å²) in [5.41, 5.74) is 2.74. The zero-order valence-corrected chi connectivity index (χ0v) is 14.2. The number of hydrogen-bond donors (Lipinski definition) is 2. The molecule has 0 saturated carbocycles. The summed E-state index contributed by atoms with van der Waals surface area (Å²) in [5, 5.41) is 0. The molecule has 4 nitrogen and oxygen atoms in total. The molecule has 1 atom stereocenters. The van der Waals surface area contributed by atoms with Crippen molar-refractivity contribution in [3.05, 3.63) is 0 Å². The van der Waals surface area contributed by atoms with Gasteiger partial charge in [0, 0.05) is 12.3 Å². The monoisotopic (exact) mass is 306 g/mol. The molecule has 0 aromatic heterocycles. The number of hydrazine groups is 1. The van der Waals surface area contributed by atoms with Crippen LogP contribution in [0.1, 0.15) is 77.6 Å². The smallest absolute Gasteiger partial charge is 0.147 e. The zero-order valence-electron chi connectivity index (χ0n) is 13.4. The first-order valence-electron chi connectivity index (χ1n) is 8.13. The summed E-state index contributed by atoms with van der Waals surface area (Å²) in [6, 6.07) is 0.134. The Kier molecular flexibility index (Phi) is 12.5. The fraction of sp³-hybridized carbons (Fsp3) is 1.00. The van der Waals surface area contributed by atoms with E-state index >= 15 is 0 Å². The van der Waals surface area contributed by atoms with Crippen molar-refractivity contribution >= 4 is 9.84 Å². The van der Waals surface area contributed by atoms with Crippen LogP contribution in [0.15, 0.2) is 0 Å². The fourth-order valence-electron chi connectivity index (χ4n) is 2.37. The van der Waals surface area contributed by atoms with Crippen LogP contribution in [0.2, 0.25) is 0 Å². The lowest BCUT2D eigenvalue weighted by molar-refractivity contribution is 0.449. The van der Waals surface area contributed by atoms with Crippen LogP contribution in [-0.2, 0) is 9.84 Å². The van der Waals surface area contributed by atoms with Crippen LogP contribution < -0.4 is 11.3 Å². The Morgan fingerprint density at radius 2 is 1.40 bits per heavy atom. The van der Waals surface area contributed by atoms with Gasteiger partial charge in [0.25, 0.3) is 0 Å². The maximum Gasteiger partial charge on any atom is 0.147 e. The highest BCUT2D eigenvalue weighted by Gasteiger charge is 2.10. The molecule has 20 heavy (non-hydrogen) atoms. The molecule has 5 heteroatoms. The fourth-order valence-corrected chi connectivity index (χ4v) is 3.08. The largest absolute Gasteiger partial charge is 0.271 e. The van der Waals surface area contributed by atoms with Gasteiger partial charge >= 0.3 is 0 Å². The molecule has 0 heterocycles. The molecule has 1 unspecified atom stereocenters. The second kappa shape index (κ2) is 12.6. The molecule has 122 valence electrons. The molecule has 0 fully saturated rings. The Morgan fingerprint density at radius 1 is 0.900 bits per heavy atom. The van der Waals surface area contributed by atoms with Gasteiger partial charge in [-0.15, -0.1) is 0 Å². The lowest BCUT2D eigenvalue weighted by atomic mass is 10.0. The summed E-state index contributed by atoms with van der Waals surface area (Å²) in [7, 11) is -2.88. The normalized spacial score (nSPS) is 13.6. The standard InChI is InChI=1S/C15H34N2O2S/c1-3-4-5-6-7-8-9-10-11-12-15(17-16)13-14-20(2,18)19/h15,17H,3-14,16H2,1-2H3. The molecule has 0 aliphatic carbocycles. The van der Waals surface area contributed by atoms with Gasteiger partial charge in [0.15, 0.2) is 0 Å². The minimum absolute atomic E-state index is 0.134. The molecule has 0 rings (SSSR count). The summed E-state index contributed by atoms with van der Waals surface area (Å²) < 4.78 is 22.2. The van der Waals surface area contributed by atoms with Gasteiger partial charge in [-0.05, 0) is 12.8 Å². The van der Waals surface area contributed by atoms with Gasteiger partial charge in [-0.1, -0.05) is 64.7 Å². The van der Waals surface area contributed by atoms with Crippen molar-refractivity contribution < 1.29 is 8.42 Å². The van der Waals surface area contributed by atoms with E-state index in [1.54, 1.807) is 0 Å². The molecular weight excluding hydrogens is 272 g/mol. The Hall–Kier alpha value is -0.130. The third kappa shape index (κ3) is 14.3. The summed E-state index contributed by atoms with van der Waals surface area (Å²) in [6.07, 6.45) is 14.6. The molecule has 0 aromatic rings. The maximum absolute atomic E-state index is 11.1. The number of nitrogens with two attached hydrogens (primary N) is 1. The molecular formula is C15H34N2O2S. The number of nitrogens with one attached hydrogen (secondary N) is 1. The quantitative estimate of drug-likeness (QED) is 0.294. The van der Waals surface area contributed by atoms with Gasteiger partial charge in [0.1, 0.15) is 9.84 Å². The molecule has 0 spiro atoms. The van der Waals surface area contributed by atoms with Crippen molar-refractivity contribution in [2.75, 3.05) is 12.0 Å². The van der Waals surface area contributed by atoms with Crippen LogP contribution >= 0.6 is 0 Å². The van der Waals surface area contributed by atoms with E-state index in [9.17, 15) is 8.42 Å². The topological polar surface area (TPSA) is 72.2 Å². The highest BCUT2D eigenvalue weighted by Crippen LogP contribution is 2.12. The molecule has 3 N–H and O–H groups in total. The zero-order chi connectivity index (χ0) is 15.3. The summed E-state index contributed by atoms with van der Waals surface area (Å²) >= 11 is 0. The molecule has 0 bridgehead atoms. The number of unbranched alkanes of at least 4 members (excludes halogenated alkanes) is 8. The van der Waals surface area contributed by atoms with Gasteiger partial charge in [0.2, 0.25) is 0 Å². The average molecular weight is 307 g/mol. The number of hydrogen-bond acceptors (Lipinski definition) is 4. The van der Waals surface area contributed by atoms with Crippen molar-refractivity contribution in [1.29, 1.82) is 0 Å². The molecule has 0 saturated heterocycles. The van der Waals surface area contributed by atoms with Crippen LogP contribution in [0.3, 0.4) is 0 Å². The molecule has 0 radical (unpaired) electrons. The first kappa shape index (κ1) is 19.9. The van der Waals surface area contributed by atoms with Crippen molar-refractivity contribution in [3.8, 4) is 0 Å². The van der Waals surface area contributed by atoms with Gasteiger partial charge in [-0.2, -0.15) is 0 Å². The van der Waals surface area contributed by atoms with Gasteiger partial charge < -0.3 is 0 Å². The van der Waals surface area contributed by atoms with Crippen LogP contribution in [0.4, 0.5) is 0 Å². The lowest BCUT2D eigenvalue weighted by Crippen LogP contribution is -2.36. The summed E-state index contributed by atoms with van der Waals surface area (Å²) in [5.74, 6) is 5.69. The highest BCUT2D eigenvalue weighted by molar-refractivity contribution is 7.90. The van der Waals surface area contributed by atoms with Crippen LogP contribution in [-0.4, -0.2) is 26.5 Å². The molecule has 0 aromatic carbocycles. The van der Waals surface area contributed by atoms with E-state index in [-0.39, 0.29) is 11.8 Å². The van der Waals surface area contributed by atoms with Crippen molar-refractivity contribution in [1.82, 2.24) is 5.43 Å². The van der Waals surface area contributed by atoms with E-state index in [2.05, 4.69) is 12.3 Å². The van der Waals surface area contributed by atoms with Gasteiger partial charge in [0.05, 0.1) is 5.75 Å². The molecule has 0 amide bonds. The highest BCUT2D eigenvalue weighted by atomic mass is 32.2. The second-order valence-corrected chi connectivity index (χ2v) is 8.16. The first-order chi connectivity index (χ1) is 9.49. The van der Waals surface area contributed by atoms with Crippen LogP contribution in [0.5, 0.6) is 0 Å². The van der Waals surface area contributed by atoms with E-state index < -0.39 is 9.84 Å². The van der Waals surface area contributed by atoms with Crippen LogP contribution in [0.25, 0.3) is 0 Å². The molecule has 0 aliphatic heterocycles. The maximum atomic E-state index is 11.1. The SMILES string of the molecule is CCCCCCCCCCCC(CCS(C)(=O)=O)NN. The number of rotatable bonds is 14. The van der Waals surface area contributed by atoms with Gasteiger partial charge in [-0.3, -0.25) is 11.3 Å². The third-order valence-electron chi connectivity index (χ3n) is 3.73. The average Bonchev–Trinajstić information content (AvgIpc) is 2.39. The van der Waals surface area contributed by atoms with E-state index in [1.165, 1.54) is 57.6 Å². The van der Waals surface area contributed by atoms with Gasteiger partial charge in [-0.25, -0.2) is 8.42 Å². The number of sulfone groups is 1. The summed E-state index contributed by atoms with van der Waals surface area (Å²) in [6.45, 7) is 2.24. The minimum Gasteiger partial charge on any atom is -0.271 e. The van der Waals surface area contributed by atoms with E-state index in [0.717, 1.165) is 12.8 Å². The van der Waals surface area contributed by atoms with E-state index in [4.69, 9.17) is 5.84 Å². The van der Waals surface area contributed by atoms with Crippen molar-refractivity contribution in [2.45, 2.75) is 83.6 Å². The second-order valence-electron chi connectivity index (χ2n) is 5.90. The predicted octanol–water partition coefficient (Wildman–Crippen LogP) is 3.17.